The van der Waals surface area contributed by atoms with E-state index in [0.29, 0.717) is 5.82 Å². The van der Waals surface area contributed by atoms with Crippen molar-refractivity contribution < 1.29 is 4.79 Å². The normalized spacial score (nSPS) is 16.4. The average Bonchev–Trinajstić information content (AvgIpc) is 2.92. The maximum absolute atomic E-state index is 12.1. The van der Waals surface area contributed by atoms with E-state index < -0.39 is 0 Å². The van der Waals surface area contributed by atoms with Crippen LogP contribution in [-0.4, -0.2) is 34.9 Å². The van der Waals surface area contributed by atoms with Gasteiger partial charge in [0.15, 0.2) is 0 Å². The summed E-state index contributed by atoms with van der Waals surface area (Å²) in [5.41, 5.74) is 3.31. The van der Waals surface area contributed by atoms with Crippen molar-refractivity contribution in [1.82, 2.24) is 9.88 Å². The fourth-order valence-corrected chi connectivity index (χ4v) is 2.12. The minimum absolute atomic E-state index is 0.145. The van der Waals surface area contributed by atoms with Crippen LogP contribution in [0.1, 0.15) is 19.8 Å². The zero-order valence-electron chi connectivity index (χ0n) is 10.5. The lowest BCUT2D eigenvalue weighted by Gasteiger charge is -2.22. The van der Waals surface area contributed by atoms with E-state index >= 15 is 0 Å². The van der Waals surface area contributed by atoms with Crippen molar-refractivity contribution >= 4 is 17.4 Å². The number of anilines is 2. The number of pyridine rings is 1. The molecule has 18 heavy (non-hydrogen) atoms. The summed E-state index contributed by atoms with van der Waals surface area (Å²) < 4.78 is 0. The summed E-state index contributed by atoms with van der Waals surface area (Å²) in [4.78, 5) is 18.0. The minimum Gasteiger partial charge on any atom is -0.374 e. The van der Waals surface area contributed by atoms with Gasteiger partial charge in [0.05, 0.1) is 0 Å². The van der Waals surface area contributed by atoms with Crippen LogP contribution in [0.4, 0.5) is 11.5 Å². The Bertz CT molecular complexity index is 417. The van der Waals surface area contributed by atoms with Gasteiger partial charge in [0.1, 0.15) is 11.9 Å². The molecule has 1 amide bonds. The summed E-state index contributed by atoms with van der Waals surface area (Å²) >= 11 is 0. The Hall–Kier alpha value is -1.82. The van der Waals surface area contributed by atoms with Gasteiger partial charge in [-0.25, -0.2) is 10.8 Å². The summed E-state index contributed by atoms with van der Waals surface area (Å²) in [6, 6.07) is 3.35. The minimum atomic E-state index is -0.240. The molecule has 1 aromatic heterocycles. The third kappa shape index (κ3) is 2.89. The molecule has 0 aliphatic carbocycles. The molecule has 1 aliphatic rings. The predicted octanol–water partition coefficient (Wildman–Crippen LogP) is 0.790. The van der Waals surface area contributed by atoms with Crippen molar-refractivity contribution in [2.24, 2.45) is 5.84 Å². The molecule has 0 bridgehead atoms. The molecule has 0 radical (unpaired) electrons. The lowest BCUT2D eigenvalue weighted by molar-refractivity contribution is -0.130. The Kier molecular flexibility index (Phi) is 3.99. The Balaban J connectivity index is 1.97. The number of likely N-dealkylation sites (tertiary alicyclic amines) is 1. The molecule has 1 fully saturated rings. The number of hydrogen-bond acceptors (Lipinski definition) is 5. The Morgan fingerprint density at radius 2 is 2.22 bits per heavy atom. The number of carbonyl (C=O) groups excluding carboxylic acids is 1. The topological polar surface area (TPSA) is 83.3 Å². The van der Waals surface area contributed by atoms with Crippen LogP contribution in [0.2, 0.25) is 0 Å². The lowest BCUT2D eigenvalue weighted by Crippen LogP contribution is -2.39. The van der Waals surface area contributed by atoms with Gasteiger partial charge in [-0.15, -0.1) is 0 Å². The molecule has 1 aliphatic heterocycles. The van der Waals surface area contributed by atoms with Crippen LogP contribution in [0.3, 0.4) is 0 Å². The SMILES string of the molecule is CC(Nc1ccnc(NN)c1)C(=O)N1CCCC1. The summed E-state index contributed by atoms with van der Waals surface area (Å²) in [6.07, 6.45) is 3.86. The fraction of sp³-hybridized carbons (Fsp3) is 0.500. The van der Waals surface area contributed by atoms with E-state index in [4.69, 9.17) is 5.84 Å². The van der Waals surface area contributed by atoms with Gasteiger partial charge in [0.2, 0.25) is 5.91 Å². The number of hydrogen-bond donors (Lipinski definition) is 3. The van der Waals surface area contributed by atoms with Crippen molar-refractivity contribution in [3.05, 3.63) is 18.3 Å². The first kappa shape index (κ1) is 12.6. The number of rotatable bonds is 4. The first-order valence-corrected chi connectivity index (χ1v) is 6.18. The van der Waals surface area contributed by atoms with E-state index in [1.807, 2.05) is 17.9 Å². The summed E-state index contributed by atoms with van der Waals surface area (Å²) in [7, 11) is 0. The van der Waals surface area contributed by atoms with Crippen molar-refractivity contribution in [1.29, 1.82) is 0 Å². The maximum atomic E-state index is 12.1. The highest BCUT2D eigenvalue weighted by Gasteiger charge is 2.22. The predicted molar refractivity (Wildman–Crippen MR) is 70.9 cm³/mol. The maximum Gasteiger partial charge on any atom is 0.244 e. The van der Waals surface area contributed by atoms with Crippen molar-refractivity contribution in [2.75, 3.05) is 23.8 Å². The molecule has 0 spiro atoms. The van der Waals surface area contributed by atoms with Crippen LogP contribution in [0.25, 0.3) is 0 Å². The van der Waals surface area contributed by atoms with E-state index in [9.17, 15) is 4.79 Å². The van der Waals surface area contributed by atoms with Crippen LogP contribution < -0.4 is 16.6 Å². The fourth-order valence-electron chi connectivity index (χ4n) is 2.12. The van der Waals surface area contributed by atoms with Crippen molar-refractivity contribution in [3.63, 3.8) is 0 Å². The Morgan fingerprint density at radius 3 is 2.89 bits per heavy atom. The van der Waals surface area contributed by atoms with Gasteiger partial charge in [-0.1, -0.05) is 0 Å². The molecule has 4 N–H and O–H groups in total. The number of nitrogens with two attached hydrogens (primary N) is 1. The van der Waals surface area contributed by atoms with Gasteiger partial charge in [-0.2, -0.15) is 0 Å². The van der Waals surface area contributed by atoms with Crippen LogP contribution in [-0.2, 0) is 4.79 Å². The number of carbonyl (C=O) groups is 1. The number of nitrogens with zero attached hydrogens (tertiary/aromatic N) is 2. The van der Waals surface area contributed by atoms with E-state index in [-0.39, 0.29) is 11.9 Å². The van der Waals surface area contributed by atoms with Crippen LogP contribution in [0, 0.1) is 0 Å². The molecule has 6 heteroatoms. The second kappa shape index (κ2) is 5.68. The monoisotopic (exact) mass is 249 g/mol. The number of hydrazine groups is 1. The highest BCUT2D eigenvalue weighted by molar-refractivity contribution is 5.84. The first-order valence-electron chi connectivity index (χ1n) is 6.18. The number of aromatic nitrogens is 1. The molecule has 1 aromatic rings. The van der Waals surface area contributed by atoms with Gasteiger partial charge >= 0.3 is 0 Å². The summed E-state index contributed by atoms with van der Waals surface area (Å²) in [5.74, 6) is 6.01. The van der Waals surface area contributed by atoms with E-state index in [2.05, 4.69) is 15.7 Å². The highest BCUT2D eigenvalue weighted by Crippen LogP contribution is 2.14. The standard InChI is InChI=1S/C12H19N5O/c1-9(12(18)17-6-2-3-7-17)15-10-4-5-14-11(8-10)16-13/h4-5,8-9H,2-3,6-7,13H2,1H3,(H2,14,15,16). The molecule has 2 rings (SSSR count). The van der Waals surface area contributed by atoms with Gasteiger partial charge in [0.25, 0.3) is 0 Å². The molecule has 1 atom stereocenters. The van der Waals surface area contributed by atoms with Crippen molar-refractivity contribution in [3.8, 4) is 0 Å². The number of nitrogen functional groups attached to an aromatic ring is 1. The second-order valence-electron chi connectivity index (χ2n) is 4.47. The molecular formula is C12H19N5O. The van der Waals surface area contributed by atoms with Gasteiger partial charge in [-0.05, 0) is 25.8 Å². The average molecular weight is 249 g/mol. The molecule has 0 aromatic carbocycles. The molecule has 0 saturated carbocycles. The van der Waals surface area contributed by atoms with Gasteiger partial charge < -0.3 is 15.6 Å². The molecular weight excluding hydrogens is 230 g/mol. The van der Waals surface area contributed by atoms with Crippen LogP contribution in [0.15, 0.2) is 18.3 Å². The molecule has 98 valence electrons. The zero-order chi connectivity index (χ0) is 13.0. The third-order valence-electron chi connectivity index (χ3n) is 3.08. The van der Waals surface area contributed by atoms with Crippen LogP contribution in [0.5, 0.6) is 0 Å². The highest BCUT2D eigenvalue weighted by atomic mass is 16.2. The summed E-state index contributed by atoms with van der Waals surface area (Å²) in [5, 5.41) is 3.17. The molecule has 2 heterocycles. The zero-order valence-corrected chi connectivity index (χ0v) is 10.5. The lowest BCUT2D eigenvalue weighted by atomic mass is 10.2. The number of amides is 1. The van der Waals surface area contributed by atoms with Crippen LogP contribution >= 0.6 is 0 Å². The molecule has 6 nitrogen and oxygen atoms in total. The second-order valence-corrected chi connectivity index (χ2v) is 4.47. The number of nitrogens with one attached hydrogen (secondary N) is 2. The van der Waals surface area contributed by atoms with Gasteiger partial charge in [-0.3, -0.25) is 4.79 Å². The quantitative estimate of drug-likeness (QED) is 0.543. The Labute approximate surface area is 107 Å². The summed E-state index contributed by atoms with van der Waals surface area (Å²) in [6.45, 7) is 3.62. The largest absolute Gasteiger partial charge is 0.374 e. The molecule has 1 saturated heterocycles. The van der Waals surface area contributed by atoms with E-state index in [0.717, 1.165) is 31.6 Å². The third-order valence-corrected chi connectivity index (χ3v) is 3.08. The van der Waals surface area contributed by atoms with Gasteiger partial charge in [0, 0.05) is 31.0 Å². The Morgan fingerprint density at radius 1 is 1.50 bits per heavy atom. The van der Waals surface area contributed by atoms with E-state index in [1.54, 1.807) is 12.3 Å². The first-order chi connectivity index (χ1) is 8.70. The van der Waals surface area contributed by atoms with E-state index in [1.165, 1.54) is 0 Å². The van der Waals surface area contributed by atoms with Crippen molar-refractivity contribution in [2.45, 2.75) is 25.8 Å². The smallest absolute Gasteiger partial charge is 0.244 e. The molecule has 1 unspecified atom stereocenters.